The van der Waals surface area contributed by atoms with Crippen LogP contribution in [0.1, 0.15) is 27.7 Å². The molecule has 0 aliphatic carbocycles. The summed E-state index contributed by atoms with van der Waals surface area (Å²) in [6.45, 7) is 17.9. The van der Waals surface area contributed by atoms with Gasteiger partial charge in [-0.2, -0.15) is 5.10 Å². The lowest BCUT2D eigenvalue weighted by atomic mass is 9.83. The van der Waals surface area contributed by atoms with Crippen LogP contribution in [-0.4, -0.2) is 65.7 Å². The number of fused-ring (bicyclic) bond motifs is 1. The predicted octanol–water partition coefficient (Wildman–Crippen LogP) is 4.95. The zero-order valence-electron chi connectivity index (χ0n) is 20.1. The number of anilines is 1. The highest BCUT2D eigenvalue weighted by Crippen LogP contribution is 2.36. The van der Waals surface area contributed by atoms with Crippen molar-refractivity contribution < 1.29 is 14.6 Å². The summed E-state index contributed by atoms with van der Waals surface area (Å²) < 4.78 is 7.95. The summed E-state index contributed by atoms with van der Waals surface area (Å²) in [5.41, 5.74) is 2.07. The van der Waals surface area contributed by atoms with Crippen molar-refractivity contribution in [1.82, 2.24) is 14.7 Å². The smallest absolute Gasteiger partial charge is 0.407 e. The average Bonchev–Trinajstić information content (AvgIpc) is 3.06. The molecule has 7 nitrogen and oxygen atoms in total. The highest BCUT2D eigenvalue weighted by atomic mass is 28.3. The Morgan fingerprint density at radius 1 is 1.26 bits per heavy atom. The summed E-state index contributed by atoms with van der Waals surface area (Å²) >= 11 is 0. The zero-order chi connectivity index (χ0) is 23.0. The highest BCUT2D eigenvalue weighted by molar-refractivity contribution is 6.76. The number of piperazine rings is 1. The third kappa shape index (κ3) is 5.41. The van der Waals surface area contributed by atoms with Crippen LogP contribution in [0.3, 0.4) is 0 Å². The Balaban J connectivity index is 1.93. The maximum atomic E-state index is 11.8. The minimum Gasteiger partial charge on any atom is -0.465 e. The van der Waals surface area contributed by atoms with Crippen molar-refractivity contribution >= 4 is 30.8 Å². The van der Waals surface area contributed by atoms with E-state index < -0.39 is 14.2 Å². The van der Waals surface area contributed by atoms with Crippen LogP contribution >= 0.6 is 0 Å². The Kier molecular flexibility index (Phi) is 6.71. The first-order chi connectivity index (χ1) is 14.4. The van der Waals surface area contributed by atoms with Gasteiger partial charge in [0.1, 0.15) is 6.73 Å². The summed E-state index contributed by atoms with van der Waals surface area (Å²) in [6.07, 6.45) is 1.05. The van der Waals surface area contributed by atoms with Crippen molar-refractivity contribution in [3.8, 4) is 0 Å². The lowest BCUT2D eigenvalue weighted by molar-refractivity contribution is 0.0815. The van der Waals surface area contributed by atoms with Crippen LogP contribution in [0.2, 0.25) is 25.7 Å². The normalized spacial score (nSPS) is 20.5. The molecule has 0 spiro atoms. The van der Waals surface area contributed by atoms with E-state index in [9.17, 15) is 9.90 Å². The average molecular weight is 447 g/mol. The topological polar surface area (TPSA) is 70.8 Å². The third-order valence-corrected chi connectivity index (χ3v) is 7.85. The van der Waals surface area contributed by atoms with Gasteiger partial charge < -0.3 is 19.6 Å². The summed E-state index contributed by atoms with van der Waals surface area (Å²) in [5, 5.41) is 15.4. The molecule has 2 aromatic rings. The molecule has 2 atom stereocenters. The van der Waals surface area contributed by atoms with Gasteiger partial charge in [-0.15, -0.1) is 0 Å². The van der Waals surface area contributed by atoms with Crippen molar-refractivity contribution in [2.45, 2.75) is 72.2 Å². The first-order valence-electron chi connectivity index (χ1n) is 11.2. The number of aromatic nitrogens is 2. The number of nitrogens with zero attached hydrogens (tertiary/aromatic N) is 4. The monoisotopic (exact) mass is 446 g/mol. The molecule has 1 aliphatic heterocycles. The van der Waals surface area contributed by atoms with Crippen LogP contribution < -0.4 is 4.90 Å². The molecule has 1 amide bonds. The van der Waals surface area contributed by atoms with Gasteiger partial charge >= 0.3 is 6.09 Å². The number of carboxylic acid groups (broad SMARTS) is 1. The molecule has 8 heteroatoms. The van der Waals surface area contributed by atoms with Crippen molar-refractivity contribution in [3.05, 3.63) is 24.4 Å². The molecule has 3 rings (SSSR count). The first-order valence-corrected chi connectivity index (χ1v) is 14.9. The van der Waals surface area contributed by atoms with Crippen molar-refractivity contribution in [2.24, 2.45) is 5.41 Å². The van der Waals surface area contributed by atoms with Gasteiger partial charge in [-0.05, 0) is 24.4 Å². The Hall–Kier alpha value is -2.06. The van der Waals surface area contributed by atoms with Gasteiger partial charge in [0.2, 0.25) is 0 Å². The zero-order valence-corrected chi connectivity index (χ0v) is 21.1. The van der Waals surface area contributed by atoms with Crippen LogP contribution in [0.25, 0.3) is 10.9 Å². The predicted molar refractivity (Wildman–Crippen MR) is 129 cm³/mol. The molecule has 2 unspecified atom stereocenters. The molecule has 1 aromatic heterocycles. The molecule has 1 aromatic carbocycles. The van der Waals surface area contributed by atoms with E-state index in [0.717, 1.165) is 29.2 Å². The fourth-order valence-electron chi connectivity index (χ4n) is 4.23. The van der Waals surface area contributed by atoms with E-state index in [0.29, 0.717) is 19.8 Å². The Bertz CT molecular complexity index is 916. The molecule has 172 valence electrons. The van der Waals surface area contributed by atoms with Crippen LogP contribution in [0.5, 0.6) is 0 Å². The Morgan fingerprint density at radius 3 is 2.58 bits per heavy atom. The molecule has 1 aliphatic rings. The second kappa shape index (κ2) is 8.82. The fourth-order valence-corrected chi connectivity index (χ4v) is 4.99. The maximum Gasteiger partial charge on any atom is 0.407 e. The lowest BCUT2D eigenvalue weighted by Gasteiger charge is -2.50. The van der Waals surface area contributed by atoms with E-state index in [-0.39, 0.29) is 17.5 Å². The number of para-hydroxylation sites is 1. The fraction of sp³-hybridized carbons (Fsp3) is 0.652. The van der Waals surface area contributed by atoms with E-state index in [1.54, 1.807) is 4.90 Å². The number of rotatable bonds is 6. The lowest BCUT2D eigenvalue weighted by Crippen LogP contribution is -2.62. The number of amides is 1. The highest BCUT2D eigenvalue weighted by Gasteiger charge is 2.40. The second-order valence-corrected chi connectivity index (χ2v) is 16.6. The second-order valence-electron chi connectivity index (χ2n) is 11.0. The van der Waals surface area contributed by atoms with Crippen molar-refractivity contribution in [3.63, 3.8) is 0 Å². The standard InChI is InChI=1S/C23H38N4O3Si/c1-17-14-26(20(23(2,3)4)15-25(17)22(28)29)19-10-8-9-18-13-24-27(21(18)19)16-30-11-12-31(5,6)7/h8-10,13,17,20H,11-12,14-16H2,1-7H3,(H,28,29). The molecule has 0 saturated carbocycles. The molecule has 2 heterocycles. The summed E-state index contributed by atoms with van der Waals surface area (Å²) in [7, 11) is -1.14. The summed E-state index contributed by atoms with van der Waals surface area (Å²) in [6, 6.07) is 7.36. The molecule has 1 N–H and O–H groups in total. The molecular weight excluding hydrogens is 408 g/mol. The largest absolute Gasteiger partial charge is 0.465 e. The molecule has 0 radical (unpaired) electrons. The number of ether oxygens (including phenoxy) is 1. The van der Waals surface area contributed by atoms with Crippen molar-refractivity contribution in [1.29, 1.82) is 0 Å². The Morgan fingerprint density at radius 2 is 1.97 bits per heavy atom. The van der Waals surface area contributed by atoms with Gasteiger partial charge in [0.25, 0.3) is 0 Å². The maximum absolute atomic E-state index is 11.8. The third-order valence-electron chi connectivity index (χ3n) is 6.14. The van der Waals surface area contributed by atoms with Crippen LogP contribution in [0.4, 0.5) is 10.5 Å². The van der Waals surface area contributed by atoms with E-state index in [2.05, 4.69) is 68.6 Å². The van der Waals surface area contributed by atoms with Gasteiger partial charge in [0.15, 0.2) is 0 Å². The number of hydrogen-bond acceptors (Lipinski definition) is 4. The quantitative estimate of drug-likeness (QED) is 0.502. The number of hydrogen-bond donors (Lipinski definition) is 1. The summed E-state index contributed by atoms with van der Waals surface area (Å²) in [5.74, 6) is 0. The van der Waals surface area contributed by atoms with Gasteiger partial charge in [-0.1, -0.05) is 52.5 Å². The minimum absolute atomic E-state index is 0.0570. The van der Waals surface area contributed by atoms with Crippen molar-refractivity contribution in [2.75, 3.05) is 24.6 Å². The molecule has 1 fully saturated rings. The van der Waals surface area contributed by atoms with E-state index in [1.165, 1.54) is 0 Å². The molecular formula is C23H38N4O3Si. The molecule has 1 saturated heterocycles. The van der Waals surface area contributed by atoms with Crippen LogP contribution in [-0.2, 0) is 11.5 Å². The van der Waals surface area contributed by atoms with Gasteiger partial charge in [0, 0.05) is 39.2 Å². The SMILES string of the molecule is CC1CN(c2cccc3cnn(COCC[Si](C)(C)C)c23)C(C(C)(C)C)CN1C(=O)O. The van der Waals surface area contributed by atoms with Crippen LogP contribution in [0, 0.1) is 5.41 Å². The van der Waals surface area contributed by atoms with Gasteiger partial charge in [-0.25, -0.2) is 9.48 Å². The van der Waals surface area contributed by atoms with E-state index in [1.807, 2.05) is 17.8 Å². The minimum atomic E-state index is -1.14. The number of carbonyl (C=O) groups is 1. The number of benzene rings is 1. The molecule has 31 heavy (non-hydrogen) atoms. The van der Waals surface area contributed by atoms with Gasteiger partial charge in [-0.3, -0.25) is 0 Å². The Labute approximate surface area is 187 Å². The summed E-state index contributed by atoms with van der Waals surface area (Å²) in [4.78, 5) is 15.8. The van der Waals surface area contributed by atoms with Crippen LogP contribution in [0.15, 0.2) is 24.4 Å². The van der Waals surface area contributed by atoms with Gasteiger partial charge in [0.05, 0.1) is 23.4 Å². The van der Waals surface area contributed by atoms with E-state index in [4.69, 9.17) is 4.74 Å². The van der Waals surface area contributed by atoms with E-state index >= 15 is 0 Å². The first kappa shape index (κ1) is 23.6. The molecule has 0 bridgehead atoms.